The fourth-order valence-electron chi connectivity index (χ4n) is 2.98. The van der Waals surface area contributed by atoms with Crippen molar-refractivity contribution >= 4 is 40.7 Å². The Morgan fingerprint density at radius 3 is 2.32 bits per heavy atom. The molecule has 170 valence electrons. The molecule has 0 saturated heterocycles. The highest BCUT2D eigenvalue weighted by Crippen LogP contribution is 2.33. The Hall–Kier alpha value is -3.94. The number of hydrogen-bond donors (Lipinski definition) is 2. The van der Waals surface area contributed by atoms with E-state index >= 15 is 0 Å². The molecule has 1 heterocycles. The summed E-state index contributed by atoms with van der Waals surface area (Å²) in [6.45, 7) is 0.301. The third-order valence-electron chi connectivity index (χ3n) is 4.62. The summed E-state index contributed by atoms with van der Waals surface area (Å²) in [5, 5.41) is 6.14. The first-order valence-corrected chi connectivity index (χ1v) is 11.1. The first-order valence-electron chi connectivity index (χ1n) is 10.3. The molecule has 1 amide bonds. The highest BCUT2D eigenvalue weighted by atomic mass is 35.5. The molecule has 0 atom stereocenters. The van der Waals surface area contributed by atoms with Gasteiger partial charge >= 0.3 is 0 Å². The molecule has 4 rings (SSSR count). The number of halogens is 1. The third-order valence-corrected chi connectivity index (χ3v) is 5.14. The minimum atomic E-state index is -0.330. The minimum absolute atomic E-state index is 0.0886. The van der Waals surface area contributed by atoms with Crippen molar-refractivity contribution in [1.29, 1.82) is 0 Å². The Morgan fingerprint density at radius 1 is 0.912 bits per heavy atom. The van der Waals surface area contributed by atoms with Crippen molar-refractivity contribution in [1.82, 2.24) is 10.3 Å². The van der Waals surface area contributed by atoms with Gasteiger partial charge in [-0.15, -0.1) is 0 Å². The average molecular weight is 490 g/mol. The fourth-order valence-corrected chi connectivity index (χ4v) is 3.34. The van der Waals surface area contributed by atoms with Crippen molar-refractivity contribution in [2.24, 2.45) is 0 Å². The molecular formula is C26H20ClN3O3S. The SMILES string of the molecule is O=C(NC(=S)Nc1ncc(Oc2ccccc2Cl)cc1OCc1ccccc1)c1ccccc1. The van der Waals surface area contributed by atoms with Gasteiger partial charge in [-0.2, -0.15) is 0 Å². The van der Waals surface area contributed by atoms with Crippen LogP contribution >= 0.6 is 23.8 Å². The lowest BCUT2D eigenvalue weighted by molar-refractivity contribution is 0.0977. The number of para-hydroxylation sites is 1. The number of rotatable bonds is 7. The van der Waals surface area contributed by atoms with Crippen molar-refractivity contribution in [3.05, 3.63) is 113 Å². The molecule has 0 fully saturated rings. The van der Waals surface area contributed by atoms with E-state index in [9.17, 15) is 4.79 Å². The van der Waals surface area contributed by atoms with Gasteiger partial charge in [-0.05, 0) is 42.0 Å². The van der Waals surface area contributed by atoms with Crippen LogP contribution in [0, 0.1) is 0 Å². The smallest absolute Gasteiger partial charge is 0.257 e. The summed E-state index contributed by atoms with van der Waals surface area (Å²) in [5.74, 6) is 1.32. The molecule has 0 aliphatic rings. The number of nitrogens with one attached hydrogen (secondary N) is 2. The maximum absolute atomic E-state index is 12.4. The van der Waals surface area contributed by atoms with E-state index in [4.69, 9.17) is 33.3 Å². The molecule has 2 N–H and O–H groups in total. The number of hydrogen-bond acceptors (Lipinski definition) is 5. The number of benzene rings is 3. The Kier molecular flexibility index (Phi) is 7.70. The highest BCUT2D eigenvalue weighted by molar-refractivity contribution is 7.80. The predicted octanol–water partition coefficient (Wildman–Crippen LogP) is 6.23. The van der Waals surface area contributed by atoms with E-state index in [2.05, 4.69) is 15.6 Å². The molecule has 0 radical (unpaired) electrons. The standard InChI is InChI=1S/C26H20ClN3O3S/c27-21-13-7-8-14-22(21)33-20-15-23(32-17-18-9-3-1-4-10-18)24(28-16-20)29-26(34)30-25(31)19-11-5-2-6-12-19/h1-16H,17H2,(H2,28,29,30,31,34). The number of carbonyl (C=O) groups excluding carboxylic acids is 1. The third kappa shape index (κ3) is 6.31. The van der Waals surface area contributed by atoms with Crippen molar-refractivity contribution in [2.45, 2.75) is 6.61 Å². The van der Waals surface area contributed by atoms with E-state index in [0.717, 1.165) is 5.56 Å². The number of carbonyl (C=O) groups is 1. The second-order valence-electron chi connectivity index (χ2n) is 7.10. The summed E-state index contributed by atoms with van der Waals surface area (Å²) in [5.41, 5.74) is 1.47. The molecule has 34 heavy (non-hydrogen) atoms. The molecule has 0 saturated carbocycles. The molecule has 8 heteroatoms. The number of pyridine rings is 1. The van der Waals surface area contributed by atoms with Crippen molar-refractivity contribution in [2.75, 3.05) is 5.32 Å². The van der Waals surface area contributed by atoms with Crippen molar-refractivity contribution in [3.63, 3.8) is 0 Å². The normalized spacial score (nSPS) is 10.3. The number of nitrogens with zero attached hydrogens (tertiary/aromatic N) is 1. The van der Waals surface area contributed by atoms with Crippen molar-refractivity contribution < 1.29 is 14.3 Å². The number of amides is 1. The van der Waals surface area contributed by atoms with Gasteiger partial charge in [0.2, 0.25) is 0 Å². The number of ether oxygens (including phenoxy) is 2. The van der Waals surface area contributed by atoms with Crippen LogP contribution in [0.3, 0.4) is 0 Å². The van der Waals surface area contributed by atoms with Gasteiger partial charge in [0.15, 0.2) is 16.7 Å². The Labute approximate surface area is 207 Å². The molecule has 0 aliphatic heterocycles. The van der Waals surface area contributed by atoms with E-state index in [0.29, 0.717) is 40.3 Å². The molecule has 0 spiro atoms. The molecule has 0 aliphatic carbocycles. The summed E-state index contributed by atoms with van der Waals surface area (Å²) < 4.78 is 11.9. The first kappa shape index (κ1) is 23.2. The minimum Gasteiger partial charge on any atom is -0.485 e. The monoisotopic (exact) mass is 489 g/mol. The van der Waals surface area contributed by atoms with Crippen LogP contribution in [-0.2, 0) is 6.61 Å². The van der Waals surface area contributed by atoms with Crippen LogP contribution in [0.15, 0.2) is 97.2 Å². The summed E-state index contributed by atoms with van der Waals surface area (Å²) in [6, 6.07) is 27.3. The quantitative estimate of drug-likeness (QED) is 0.300. The predicted molar refractivity (Wildman–Crippen MR) is 137 cm³/mol. The van der Waals surface area contributed by atoms with Gasteiger partial charge in [0.1, 0.15) is 18.1 Å². The lowest BCUT2D eigenvalue weighted by atomic mass is 10.2. The van der Waals surface area contributed by atoms with E-state index < -0.39 is 0 Å². The average Bonchev–Trinajstić information content (AvgIpc) is 2.86. The van der Waals surface area contributed by atoms with E-state index in [-0.39, 0.29) is 11.0 Å². The zero-order chi connectivity index (χ0) is 23.8. The van der Waals surface area contributed by atoms with Crippen LogP contribution < -0.4 is 20.1 Å². The summed E-state index contributed by atoms with van der Waals surface area (Å²) in [4.78, 5) is 16.8. The summed E-state index contributed by atoms with van der Waals surface area (Å²) >= 11 is 11.5. The Morgan fingerprint density at radius 2 is 1.59 bits per heavy atom. The molecule has 4 aromatic rings. The molecule has 6 nitrogen and oxygen atoms in total. The Bertz CT molecular complexity index is 1290. The molecule has 0 unspecified atom stereocenters. The van der Waals surface area contributed by atoms with Gasteiger partial charge in [-0.25, -0.2) is 4.98 Å². The summed E-state index contributed by atoms with van der Waals surface area (Å²) in [6.07, 6.45) is 1.52. The van der Waals surface area contributed by atoms with E-state index in [1.54, 1.807) is 42.5 Å². The van der Waals surface area contributed by atoms with Crippen LogP contribution in [0.2, 0.25) is 5.02 Å². The van der Waals surface area contributed by atoms with Gasteiger partial charge < -0.3 is 14.8 Å². The van der Waals surface area contributed by atoms with E-state index in [1.165, 1.54) is 6.20 Å². The molecular weight excluding hydrogens is 470 g/mol. The van der Waals surface area contributed by atoms with Gasteiger partial charge in [0.25, 0.3) is 5.91 Å². The maximum Gasteiger partial charge on any atom is 0.257 e. The van der Waals surface area contributed by atoms with Crippen LogP contribution in [0.1, 0.15) is 15.9 Å². The first-order chi connectivity index (χ1) is 16.6. The zero-order valence-corrected chi connectivity index (χ0v) is 19.5. The van der Waals surface area contributed by atoms with Crippen LogP contribution in [0.25, 0.3) is 0 Å². The van der Waals surface area contributed by atoms with Gasteiger partial charge in [-0.1, -0.05) is 72.3 Å². The zero-order valence-electron chi connectivity index (χ0n) is 17.9. The molecule has 0 bridgehead atoms. The van der Waals surface area contributed by atoms with Gasteiger partial charge in [0.05, 0.1) is 11.2 Å². The van der Waals surface area contributed by atoms with Crippen LogP contribution in [-0.4, -0.2) is 16.0 Å². The van der Waals surface area contributed by atoms with Gasteiger partial charge in [-0.3, -0.25) is 10.1 Å². The second-order valence-corrected chi connectivity index (χ2v) is 7.91. The number of anilines is 1. The number of thiocarbonyl (C=S) groups is 1. The summed E-state index contributed by atoms with van der Waals surface area (Å²) in [7, 11) is 0. The lowest BCUT2D eigenvalue weighted by Crippen LogP contribution is -2.34. The van der Waals surface area contributed by atoms with Crippen LogP contribution in [0.5, 0.6) is 17.2 Å². The Balaban J connectivity index is 1.52. The lowest BCUT2D eigenvalue weighted by Gasteiger charge is -2.15. The molecule has 3 aromatic carbocycles. The van der Waals surface area contributed by atoms with Crippen molar-refractivity contribution in [3.8, 4) is 17.2 Å². The van der Waals surface area contributed by atoms with Gasteiger partial charge in [0, 0.05) is 11.6 Å². The molecule has 1 aromatic heterocycles. The largest absolute Gasteiger partial charge is 0.485 e. The van der Waals surface area contributed by atoms with E-state index in [1.807, 2.05) is 48.5 Å². The fraction of sp³-hybridized carbons (Fsp3) is 0.0385. The number of aromatic nitrogens is 1. The second kappa shape index (κ2) is 11.3. The topological polar surface area (TPSA) is 72.5 Å². The maximum atomic E-state index is 12.4. The highest BCUT2D eigenvalue weighted by Gasteiger charge is 2.14. The van der Waals surface area contributed by atoms with Crippen LogP contribution in [0.4, 0.5) is 5.82 Å².